The summed E-state index contributed by atoms with van der Waals surface area (Å²) in [6.07, 6.45) is 0.846. The molecule has 3 amide bonds. The topological polar surface area (TPSA) is 151 Å². The number of nitrogens with one attached hydrogen (secondary N) is 3. The predicted molar refractivity (Wildman–Crippen MR) is 108 cm³/mol. The molecule has 0 fully saturated rings. The Bertz CT molecular complexity index is 710. The van der Waals surface area contributed by atoms with E-state index in [0.29, 0.717) is 0 Å². The third kappa shape index (κ3) is 8.30. The molecule has 0 saturated heterocycles. The van der Waals surface area contributed by atoms with E-state index < -0.39 is 48.4 Å². The first-order valence-corrected chi connectivity index (χ1v) is 9.55. The molecule has 0 radical (unpaired) electrons. The van der Waals surface area contributed by atoms with Gasteiger partial charge < -0.3 is 26.8 Å². The second-order valence-electron chi connectivity index (χ2n) is 7.01. The van der Waals surface area contributed by atoms with Crippen LogP contribution in [0.15, 0.2) is 30.3 Å². The summed E-state index contributed by atoms with van der Waals surface area (Å²) < 4.78 is 0. The van der Waals surface area contributed by atoms with Crippen LogP contribution in [0.1, 0.15) is 32.8 Å². The minimum atomic E-state index is -1.17. The molecule has 160 valence electrons. The first kappa shape index (κ1) is 24.1. The maximum atomic E-state index is 12.1. The Kier molecular flexibility index (Phi) is 9.81. The van der Waals surface area contributed by atoms with Gasteiger partial charge in [-0.15, -0.1) is 0 Å². The van der Waals surface area contributed by atoms with E-state index >= 15 is 0 Å². The Hall–Kier alpha value is -2.94. The number of carboxylic acids is 1. The number of benzene rings is 1. The van der Waals surface area contributed by atoms with Crippen LogP contribution in [0.2, 0.25) is 0 Å². The van der Waals surface area contributed by atoms with Crippen molar-refractivity contribution in [2.24, 2.45) is 11.7 Å². The molecule has 4 unspecified atom stereocenters. The van der Waals surface area contributed by atoms with Gasteiger partial charge in [0.25, 0.3) is 0 Å². The molecular formula is C20H30N4O5. The monoisotopic (exact) mass is 406 g/mol. The van der Waals surface area contributed by atoms with E-state index in [4.69, 9.17) is 5.73 Å². The first-order valence-electron chi connectivity index (χ1n) is 9.55. The smallest absolute Gasteiger partial charge is 0.326 e. The predicted octanol–water partition coefficient (Wildman–Crippen LogP) is -0.207. The lowest BCUT2D eigenvalue weighted by Crippen LogP contribution is -2.53. The average Bonchev–Trinajstić information content (AvgIpc) is 2.70. The van der Waals surface area contributed by atoms with Crippen LogP contribution in [0, 0.1) is 5.92 Å². The Morgan fingerprint density at radius 3 is 2.21 bits per heavy atom. The molecule has 4 atom stereocenters. The summed E-state index contributed by atoms with van der Waals surface area (Å²) in [5.74, 6) is -2.86. The molecule has 0 aliphatic heterocycles. The molecule has 0 bridgehead atoms. The van der Waals surface area contributed by atoms with Crippen molar-refractivity contribution in [3.8, 4) is 0 Å². The molecule has 1 aromatic rings. The summed E-state index contributed by atoms with van der Waals surface area (Å²) in [5.41, 5.74) is 6.59. The van der Waals surface area contributed by atoms with Gasteiger partial charge in [0.1, 0.15) is 12.1 Å². The van der Waals surface area contributed by atoms with Gasteiger partial charge in [0, 0.05) is 6.42 Å². The fourth-order valence-electron chi connectivity index (χ4n) is 2.50. The molecule has 0 saturated carbocycles. The Labute approximate surface area is 170 Å². The fraction of sp³-hybridized carbons (Fsp3) is 0.500. The van der Waals surface area contributed by atoms with Crippen LogP contribution in [0.3, 0.4) is 0 Å². The highest BCUT2D eigenvalue weighted by Gasteiger charge is 2.24. The van der Waals surface area contributed by atoms with Gasteiger partial charge in [-0.3, -0.25) is 14.4 Å². The van der Waals surface area contributed by atoms with Crippen LogP contribution >= 0.6 is 0 Å². The van der Waals surface area contributed by atoms with Gasteiger partial charge in [0.05, 0.1) is 12.6 Å². The van der Waals surface area contributed by atoms with Gasteiger partial charge in [-0.1, -0.05) is 50.6 Å². The molecule has 0 spiro atoms. The minimum absolute atomic E-state index is 0.0337. The number of aliphatic carboxylic acids is 1. The third-order valence-electron chi connectivity index (χ3n) is 4.65. The van der Waals surface area contributed by atoms with E-state index in [0.717, 1.165) is 12.0 Å². The van der Waals surface area contributed by atoms with Crippen LogP contribution in [-0.2, 0) is 25.6 Å². The van der Waals surface area contributed by atoms with Crippen molar-refractivity contribution in [3.63, 3.8) is 0 Å². The van der Waals surface area contributed by atoms with Gasteiger partial charge >= 0.3 is 5.97 Å². The normalized spacial score (nSPS) is 14.8. The maximum absolute atomic E-state index is 12.1. The molecule has 0 aliphatic rings. The second-order valence-corrected chi connectivity index (χ2v) is 7.01. The molecule has 0 aromatic heterocycles. The van der Waals surface area contributed by atoms with Crippen molar-refractivity contribution >= 4 is 23.7 Å². The second kappa shape index (κ2) is 11.8. The zero-order valence-electron chi connectivity index (χ0n) is 17.0. The zero-order valence-corrected chi connectivity index (χ0v) is 17.0. The Balaban J connectivity index is 2.49. The number of rotatable bonds is 11. The molecule has 9 nitrogen and oxygen atoms in total. The van der Waals surface area contributed by atoms with Crippen molar-refractivity contribution in [1.29, 1.82) is 0 Å². The van der Waals surface area contributed by atoms with Crippen LogP contribution in [0.25, 0.3) is 0 Å². The fourth-order valence-corrected chi connectivity index (χ4v) is 2.50. The molecule has 0 heterocycles. The van der Waals surface area contributed by atoms with E-state index in [1.54, 1.807) is 24.3 Å². The Morgan fingerprint density at radius 1 is 1.03 bits per heavy atom. The summed E-state index contributed by atoms with van der Waals surface area (Å²) >= 11 is 0. The highest BCUT2D eigenvalue weighted by Crippen LogP contribution is 2.05. The highest BCUT2D eigenvalue weighted by atomic mass is 16.4. The molecular weight excluding hydrogens is 376 g/mol. The number of amides is 3. The third-order valence-corrected chi connectivity index (χ3v) is 4.65. The molecule has 9 heteroatoms. The SMILES string of the molecule is CCC(C)C(N)C(=O)NC(C)C(=O)NCC(=O)NC(Cc1ccccc1)C(=O)O. The van der Waals surface area contributed by atoms with Crippen molar-refractivity contribution in [3.05, 3.63) is 35.9 Å². The standard InChI is InChI=1S/C20H30N4O5/c1-4-12(2)17(21)19(27)23-13(3)18(26)22-11-16(25)24-15(20(28)29)10-14-8-6-5-7-9-14/h5-9,12-13,15,17H,4,10-11,21H2,1-3H3,(H,22,26)(H,23,27)(H,24,25)(H,28,29). The number of hydrogen-bond acceptors (Lipinski definition) is 5. The van der Waals surface area contributed by atoms with E-state index in [1.807, 2.05) is 19.9 Å². The van der Waals surface area contributed by atoms with E-state index in [1.165, 1.54) is 6.92 Å². The number of hydrogen-bond donors (Lipinski definition) is 5. The lowest BCUT2D eigenvalue weighted by Gasteiger charge is -2.21. The molecule has 1 rings (SSSR count). The van der Waals surface area contributed by atoms with Crippen LogP contribution in [-0.4, -0.2) is 53.5 Å². The first-order chi connectivity index (χ1) is 13.6. The van der Waals surface area contributed by atoms with E-state index in [9.17, 15) is 24.3 Å². The lowest BCUT2D eigenvalue weighted by molar-refractivity contribution is -0.141. The van der Waals surface area contributed by atoms with Gasteiger partial charge in [-0.25, -0.2) is 4.79 Å². The molecule has 1 aromatic carbocycles. The number of carbonyl (C=O) groups excluding carboxylic acids is 3. The van der Waals surface area contributed by atoms with Crippen molar-refractivity contribution in [2.45, 2.75) is 51.7 Å². The van der Waals surface area contributed by atoms with Crippen LogP contribution in [0.4, 0.5) is 0 Å². The van der Waals surface area contributed by atoms with Gasteiger partial charge in [-0.2, -0.15) is 0 Å². The van der Waals surface area contributed by atoms with Crippen LogP contribution < -0.4 is 21.7 Å². The van der Waals surface area contributed by atoms with E-state index in [2.05, 4.69) is 16.0 Å². The zero-order chi connectivity index (χ0) is 22.0. The highest BCUT2D eigenvalue weighted by molar-refractivity contribution is 5.92. The van der Waals surface area contributed by atoms with Crippen molar-refractivity contribution < 1.29 is 24.3 Å². The van der Waals surface area contributed by atoms with Gasteiger partial charge in [-0.05, 0) is 18.4 Å². The number of carbonyl (C=O) groups is 4. The van der Waals surface area contributed by atoms with Crippen LogP contribution in [0.5, 0.6) is 0 Å². The van der Waals surface area contributed by atoms with E-state index in [-0.39, 0.29) is 12.3 Å². The van der Waals surface area contributed by atoms with Gasteiger partial charge in [0.2, 0.25) is 17.7 Å². The summed E-state index contributed by atoms with van der Waals surface area (Å²) in [6.45, 7) is 4.82. The minimum Gasteiger partial charge on any atom is -0.480 e. The summed E-state index contributed by atoms with van der Waals surface area (Å²) in [4.78, 5) is 47.5. The summed E-state index contributed by atoms with van der Waals surface area (Å²) in [6, 6.07) is 6.16. The quantitative estimate of drug-likeness (QED) is 0.343. The van der Waals surface area contributed by atoms with Crippen molar-refractivity contribution in [2.75, 3.05) is 6.54 Å². The molecule has 0 aliphatic carbocycles. The van der Waals surface area contributed by atoms with Gasteiger partial charge in [0.15, 0.2) is 0 Å². The van der Waals surface area contributed by atoms with Crippen molar-refractivity contribution in [1.82, 2.24) is 16.0 Å². The summed E-state index contributed by atoms with van der Waals surface area (Å²) in [5, 5.41) is 16.6. The molecule has 29 heavy (non-hydrogen) atoms. The summed E-state index contributed by atoms with van der Waals surface area (Å²) in [7, 11) is 0. The Morgan fingerprint density at radius 2 is 1.66 bits per heavy atom. The number of nitrogens with two attached hydrogens (primary N) is 1. The molecule has 6 N–H and O–H groups in total. The lowest BCUT2D eigenvalue weighted by atomic mass is 9.99. The number of carboxylic acid groups (broad SMARTS) is 1. The largest absolute Gasteiger partial charge is 0.480 e. The maximum Gasteiger partial charge on any atom is 0.326 e. The average molecular weight is 406 g/mol.